The van der Waals surface area contributed by atoms with E-state index in [-0.39, 0.29) is 24.8 Å². The topological polar surface area (TPSA) is 0 Å². The van der Waals surface area contributed by atoms with Gasteiger partial charge in [-0.3, -0.25) is 0 Å². The average molecular weight is 552 g/mol. The molecule has 0 heterocycles. The molecule has 23 heavy (non-hydrogen) atoms. The van der Waals surface area contributed by atoms with Crippen molar-refractivity contribution in [3.05, 3.63) is 48.6 Å². The Morgan fingerprint density at radius 3 is 1.09 bits per heavy atom. The molecule has 0 bridgehead atoms. The van der Waals surface area contributed by atoms with Crippen molar-refractivity contribution in [3.63, 3.8) is 0 Å². The standard InChI is InChI=1S/2C9H15Si.2ClH.Hf/c2*1-10(2,3)8-9-6-4-5-7-9;;;/h2*4-7H,8H2,1-3H3;2*1H;/q;;;;+2/p-2. The first-order valence-electron chi connectivity index (χ1n) is 8.07. The van der Waals surface area contributed by atoms with E-state index in [1.807, 2.05) is 0 Å². The van der Waals surface area contributed by atoms with Crippen LogP contribution in [0.2, 0.25) is 57.7 Å². The van der Waals surface area contributed by atoms with Gasteiger partial charge in [0.2, 0.25) is 0 Å². The van der Waals surface area contributed by atoms with Crippen LogP contribution in [-0.2, 0) is 22.9 Å². The van der Waals surface area contributed by atoms with Crippen LogP contribution in [0.25, 0.3) is 0 Å². The fourth-order valence-electron chi connectivity index (χ4n) is 3.70. The van der Waals surface area contributed by atoms with E-state index in [1.54, 1.807) is 0 Å². The molecule has 5 heteroatoms. The summed E-state index contributed by atoms with van der Waals surface area (Å²) in [6.07, 6.45) is 19.5. The molecule has 0 radical (unpaired) electrons. The van der Waals surface area contributed by atoms with Gasteiger partial charge in [0.05, 0.1) is 0 Å². The summed E-state index contributed by atoms with van der Waals surface area (Å²) in [5.41, 5.74) is 0. The van der Waals surface area contributed by atoms with Gasteiger partial charge < -0.3 is 24.8 Å². The molecule has 0 fully saturated rings. The fraction of sp³-hybridized carbons (Fsp3) is 0.556. The number of rotatable bonds is 6. The molecular weight excluding hydrogens is 522 g/mol. The summed E-state index contributed by atoms with van der Waals surface area (Å²) >= 11 is -0.905. The van der Waals surface area contributed by atoms with Crippen LogP contribution in [0.3, 0.4) is 0 Å². The maximum absolute atomic E-state index is 2.57. The molecule has 0 aromatic carbocycles. The van der Waals surface area contributed by atoms with Crippen LogP contribution in [-0.4, -0.2) is 16.1 Å². The maximum atomic E-state index is 2.57. The first-order valence-corrected chi connectivity index (χ1v) is 19.1. The van der Waals surface area contributed by atoms with Gasteiger partial charge >= 0.3 is 145 Å². The summed E-state index contributed by atoms with van der Waals surface area (Å²) in [7, 11) is -2.10. The molecule has 2 aliphatic carbocycles. The summed E-state index contributed by atoms with van der Waals surface area (Å²) in [5.74, 6) is 0. The first kappa shape index (κ1) is 23.8. The number of hydrogen-bond donors (Lipinski definition) is 0. The second-order valence-electron chi connectivity index (χ2n) is 9.12. The Hall–Kier alpha value is 0.844. The van der Waals surface area contributed by atoms with E-state index in [4.69, 9.17) is 0 Å². The van der Waals surface area contributed by atoms with Gasteiger partial charge in [0, 0.05) is 0 Å². The Morgan fingerprint density at radius 2 is 0.870 bits per heavy atom. The van der Waals surface area contributed by atoms with Gasteiger partial charge in [-0.05, 0) is 0 Å². The van der Waals surface area contributed by atoms with Crippen molar-refractivity contribution in [2.75, 3.05) is 0 Å². The molecule has 0 N–H and O–H groups in total. The minimum atomic E-state index is -1.05. The molecule has 0 amide bonds. The monoisotopic (exact) mass is 552 g/mol. The first-order chi connectivity index (χ1) is 9.54. The van der Waals surface area contributed by atoms with E-state index >= 15 is 0 Å². The van der Waals surface area contributed by atoms with Crippen LogP contribution in [0.5, 0.6) is 0 Å². The average Bonchev–Trinajstić information content (AvgIpc) is 2.84. The van der Waals surface area contributed by atoms with Crippen LogP contribution < -0.4 is 24.8 Å². The zero-order valence-electron chi connectivity index (χ0n) is 15.3. The zero-order chi connectivity index (χ0) is 15.8. The molecule has 0 atom stereocenters. The SMILES string of the molecule is C[Si](C)(C)C[C]1([Hf+2][C]2(C[Si](C)(C)C)C=CC=C2)C=CC=C1.[Cl-].[Cl-]. The second kappa shape index (κ2) is 8.48. The van der Waals surface area contributed by atoms with Crippen molar-refractivity contribution in [2.45, 2.75) is 57.7 Å². The molecular formula is C18H30Cl2HfSi2. The summed E-state index contributed by atoms with van der Waals surface area (Å²) in [5, 5.41) is 0. The Labute approximate surface area is 169 Å². The third-order valence-corrected chi connectivity index (χ3v) is 16.7. The molecule has 128 valence electrons. The largest absolute Gasteiger partial charge is 1.00 e. The van der Waals surface area contributed by atoms with Crippen LogP contribution >= 0.6 is 0 Å². The van der Waals surface area contributed by atoms with Gasteiger partial charge in [-0.1, -0.05) is 0 Å². The van der Waals surface area contributed by atoms with E-state index in [0.29, 0.717) is 6.34 Å². The van der Waals surface area contributed by atoms with Crippen molar-refractivity contribution < 1.29 is 47.7 Å². The molecule has 0 aromatic heterocycles. The summed E-state index contributed by atoms with van der Waals surface area (Å²) < 4.78 is 0.978. The third-order valence-electron chi connectivity index (χ3n) is 3.91. The molecule has 0 saturated heterocycles. The van der Waals surface area contributed by atoms with E-state index < -0.39 is 39.1 Å². The molecule has 2 rings (SSSR count). The third kappa shape index (κ3) is 7.31. The van der Waals surface area contributed by atoms with Gasteiger partial charge in [0.1, 0.15) is 0 Å². The van der Waals surface area contributed by atoms with Crippen molar-refractivity contribution in [2.24, 2.45) is 0 Å². The van der Waals surface area contributed by atoms with E-state index in [2.05, 4.69) is 87.9 Å². The van der Waals surface area contributed by atoms with Crippen molar-refractivity contribution in [1.82, 2.24) is 0 Å². The Kier molecular flexibility index (Phi) is 8.80. The van der Waals surface area contributed by atoms with Gasteiger partial charge in [-0.25, -0.2) is 0 Å². The summed E-state index contributed by atoms with van der Waals surface area (Å²) in [6.45, 7) is 15.2. The maximum Gasteiger partial charge on any atom is -1.00 e. The van der Waals surface area contributed by atoms with E-state index in [9.17, 15) is 0 Å². The van der Waals surface area contributed by atoms with Gasteiger partial charge in [0.15, 0.2) is 0 Å². The Morgan fingerprint density at radius 1 is 0.609 bits per heavy atom. The predicted molar refractivity (Wildman–Crippen MR) is 98.3 cm³/mol. The second-order valence-corrected chi connectivity index (χ2v) is 27.7. The minimum Gasteiger partial charge on any atom is -1.00 e. The van der Waals surface area contributed by atoms with Gasteiger partial charge in [-0.15, -0.1) is 0 Å². The zero-order valence-corrected chi connectivity index (χ0v) is 22.4. The predicted octanol–water partition coefficient (Wildman–Crippen LogP) is 0.323. The normalized spacial score (nSPS) is 20.1. The molecule has 0 nitrogen and oxygen atoms in total. The van der Waals surface area contributed by atoms with E-state index in [1.165, 1.54) is 12.1 Å². The van der Waals surface area contributed by atoms with Gasteiger partial charge in [0.25, 0.3) is 0 Å². The fourth-order valence-corrected chi connectivity index (χ4v) is 26.9. The van der Waals surface area contributed by atoms with Crippen LogP contribution in [0.4, 0.5) is 0 Å². The number of allylic oxidation sites excluding steroid dienone is 8. The van der Waals surface area contributed by atoms with Crippen molar-refractivity contribution in [1.29, 1.82) is 0 Å². The van der Waals surface area contributed by atoms with E-state index in [0.717, 1.165) is 0 Å². The minimum absolute atomic E-state index is 0. The smallest absolute Gasteiger partial charge is 1.00 e. The van der Waals surface area contributed by atoms with Crippen LogP contribution in [0.1, 0.15) is 0 Å². The molecule has 0 saturated carbocycles. The molecule has 2 aliphatic rings. The van der Waals surface area contributed by atoms with Crippen molar-refractivity contribution >= 4 is 16.1 Å². The van der Waals surface area contributed by atoms with Crippen LogP contribution in [0.15, 0.2) is 48.6 Å². The summed E-state index contributed by atoms with van der Waals surface area (Å²) in [4.78, 5) is 0. The summed E-state index contributed by atoms with van der Waals surface area (Å²) in [6, 6.07) is 2.90. The quantitative estimate of drug-likeness (QED) is 0.418. The number of hydrogen-bond acceptors (Lipinski definition) is 0. The molecule has 0 unspecified atom stereocenters. The molecule has 0 spiro atoms. The Balaban J connectivity index is 0.00000242. The Bertz CT molecular complexity index is 438. The molecule has 0 aliphatic heterocycles. The van der Waals surface area contributed by atoms with Crippen molar-refractivity contribution in [3.8, 4) is 0 Å². The number of halogens is 2. The van der Waals surface area contributed by atoms with Gasteiger partial charge in [-0.2, -0.15) is 0 Å². The molecule has 0 aromatic rings. The van der Waals surface area contributed by atoms with Crippen LogP contribution in [0, 0.1) is 0 Å².